The van der Waals surface area contributed by atoms with Gasteiger partial charge in [-0.3, -0.25) is 9.59 Å². The number of allylic oxidation sites excluding steroid dienone is 2. The SMILES string of the molecule is CC(=O)C(=Cc1ccc(C=C(Sc2ccccc2)C(C)=O)cc1)Sc1ccccc1. The van der Waals surface area contributed by atoms with Gasteiger partial charge >= 0.3 is 0 Å². The summed E-state index contributed by atoms with van der Waals surface area (Å²) in [5.41, 5.74) is 1.89. The van der Waals surface area contributed by atoms with E-state index in [-0.39, 0.29) is 11.6 Å². The molecule has 0 spiro atoms. The van der Waals surface area contributed by atoms with Crippen LogP contribution in [-0.2, 0) is 9.59 Å². The molecule has 4 heteroatoms. The fourth-order valence-electron chi connectivity index (χ4n) is 2.63. The third kappa shape index (κ3) is 6.61. The van der Waals surface area contributed by atoms with Crippen LogP contribution in [0.15, 0.2) is 105 Å². The standard InChI is InChI=1S/C26H22O2S2/c1-19(27)25(29-23-9-5-3-6-10-23)17-21-13-15-22(16-14-21)18-26(20(2)28)30-24-11-7-4-8-12-24/h3-18H,1-2H3. The predicted molar refractivity (Wildman–Crippen MR) is 128 cm³/mol. The van der Waals surface area contributed by atoms with E-state index in [1.165, 1.54) is 23.5 Å². The second kappa shape index (κ2) is 10.8. The van der Waals surface area contributed by atoms with E-state index in [4.69, 9.17) is 0 Å². The molecular formula is C26H22O2S2. The summed E-state index contributed by atoms with van der Waals surface area (Å²) in [6.07, 6.45) is 3.80. The Balaban J connectivity index is 1.80. The fourth-order valence-corrected chi connectivity index (χ4v) is 4.40. The van der Waals surface area contributed by atoms with Gasteiger partial charge in [-0.2, -0.15) is 0 Å². The number of ketones is 2. The van der Waals surface area contributed by atoms with Crippen LogP contribution in [0, 0.1) is 0 Å². The molecule has 30 heavy (non-hydrogen) atoms. The topological polar surface area (TPSA) is 34.1 Å². The molecule has 0 unspecified atom stereocenters. The number of hydrogen-bond acceptors (Lipinski definition) is 4. The third-order valence-corrected chi connectivity index (χ3v) is 6.43. The van der Waals surface area contributed by atoms with Gasteiger partial charge in [0.2, 0.25) is 0 Å². The number of carbonyl (C=O) groups is 2. The highest BCUT2D eigenvalue weighted by Crippen LogP contribution is 2.30. The molecule has 0 radical (unpaired) electrons. The summed E-state index contributed by atoms with van der Waals surface area (Å²) in [5, 5.41) is 0. The van der Waals surface area contributed by atoms with Crippen LogP contribution in [0.25, 0.3) is 12.2 Å². The fraction of sp³-hybridized carbons (Fsp3) is 0.0769. The predicted octanol–water partition coefficient (Wildman–Crippen LogP) is 7.13. The molecule has 2 nitrogen and oxygen atoms in total. The molecule has 0 fully saturated rings. The first kappa shape index (κ1) is 21.9. The molecule has 0 atom stereocenters. The van der Waals surface area contributed by atoms with Gasteiger partial charge in [0.25, 0.3) is 0 Å². The van der Waals surface area contributed by atoms with E-state index in [9.17, 15) is 9.59 Å². The maximum atomic E-state index is 12.1. The number of benzene rings is 3. The monoisotopic (exact) mass is 430 g/mol. The lowest BCUT2D eigenvalue weighted by atomic mass is 10.1. The van der Waals surface area contributed by atoms with Gasteiger partial charge < -0.3 is 0 Å². The van der Waals surface area contributed by atoms with Crippen molar-refractivity contribution in [1.82, 2.24) is 0 Å². The van der Waals surface area contributed by atoms with E-state index in [1.807, 2.05) is 97.1 Å². The lowest BCUT2D eigenvalue weighted by Gasteiger charge is -2.06. The largest absolute Gasteiger partial charge is 0.294 e. The van der Waals surface area contributed by atoms with Gasteiger partial charge in [-0.25, -0.2) is 0 Å². The second-order valence-electron chi connectivity index (χ2n) is 6.63. The van der Waals surface area contributed by atoms with E-state index in [0.29, 0.717) is 9.81 Å². The molecule has 0 N–H and O–H groups in total. The van der Waals surface area contributed by atoms with Gasteiger partial charge in [0.05, 0.1) is 9.81 Å². The Morgan fingerprint density at radius 1 is 0.567 bits per heavy atom. The van der Waals surface area contributed by atoms with Crippen molar-refractivity contribution in [1.29, 1.82) is 0 Å². The van der Waals surface area contributed by atoms with Crippen molar-refractivity contribution in [3.8, 4) is 0 Å². The van der Waals surface area contributed by atoms with Crippen molar-refractivity contribution >= 4 is 47.2 Å². The van der Waals surface area contributed by atoms with Crippen molar-refractivity contribution in [3.05, 3.63) is 106 Å². The van der Waals surface area contributed by atoms with Crippen molar-refractivity contribution in [2.24, 2.45) is 0 Å². The quantitative estimate of drug-likeness (QED) is 0.281. The maximum Gasteiger partial charge on any atom is 0.166 e. The molecule has 3 rings (SSSR count). The Bertz CT molecular complexity index is 979. The van der Waals surface area contributed by atoms with Crippen molar-refractivity contribution in [2.45, 2.75) is 23.6 Å². The molecule has 0 aliphatic carbocycles. The highest BCUT2D eigenvalue weighted by atomic mass is 32.2. The van der Waals surface area contributed by atoms with E-state index in [0.717, 1.165) is 20.9 Å². The van der Waals surface area contributed by atoms with Crippen LogP contribution in [0.5, 0.6) is 0 Å². The Morgan fingerprint density at radius 3 is 1.20 bits per heavy atom. The molecule has 3 aromatic carbocycles. The summed E-state index contributed by atoms with van der Waals surface area (Å²) in [4.78, 5) is 27.6. The molecule has 150 valence electrons. The Hall–Kier alpha value is -2.82. The lowest BCUT2D eigenvalue weighted by molar-refractivity contribution is -0.113. The number of carbonyl (C=O) groups excluding carboxylic acids is 2. The molecule has 0 saturated heterocycles. The third-order valence-electron chi connectivity index (χ3n) is 4.17. The van der Waals surface area contributed by atoms with Crippen LogP contribution in [-0.4, -0.2) is 11.6 Å². The van der Waals surface area contributed by atoms with E-state index < -0.39 is 0 Å². The molecule has 0 aliphatic heterocycles. The van der Waals surface area contributed by atoms with Gasteiger partial charge in [0, 0.05) is 9.79 Å². The molecule has 0 heterocycles. The summed E-state index contributed by atoms with van der Waals surface area (Å²) < 4.78 is 0. The zero-order valence-electron chi connectivity index (χ0n) is 16.9. The van der Waals surface area contributed by atoms with Crippen molar-refractivity contribution in [3.63, 3.8) is 0 Å². The van der Waals surface area contributed by atoms with Crippen LogP contribution in [0.1, 0.15) is 25.0 Å². The van der Waals surface area contributed by atoms with Crippen molar-refractivity contribution < 1.29 is 9.59 Å². The highest BCUT2D eigenvalue weighted by molar-refractivity contribution is 8.04. The Kier molecular flexibility index (Phi) is 7.89. The van der Waals surface area contributed by atoms with Crippen LogP contribution >= 0.6 is 23.5 Å². The molecule has 0 saturated carbocycles. The maximum absolute atomic E-state index is 12.1. The molecule has 0 aliphatic rings. The molecular weight excluding hydrogens is 408 g/mol. The minimum absolute atomic E-state index is 0.0333. The van der Waals surface area contributed by atoms with Gasteiger partial charge in [0.1, 0.15) is 0 Å². The van der Waals surface area contributed by atoms with Crippen LogP contribution in [0.4, 0.5) is 0 Å². The number of thioether (sulfide) groups is 2. The first-order chi connectivity index (χ1) is 14.5. The van der Waals surface area contributed by atoms with Gasteiger partial charge in [-0.05, 0) is 61.4 Å². The Labute approximate surface area is 186 Å². The zero-order chi connectivity index (χ0) is 21.3. The summed E-state index contributed by atoms with van der Waals surface area (Å²) in [6, 6.07) is 27.6. The van der Waals surface area contributed by atoms with E-state index >= 15 is 0 Å². The first-order valence-corrected chi connectivity index (χ1v) is 11.2. The minimum Gasteiger partial charge on any atom is -0.294 e. The highest BCUT2D eigenvalue weighted by Gasteiger charge is 2.08. The normalized spacial score (nSPS) is 11.9. The average molecular weight is 431 g/mol. The van der Waals surface area contributed by atoms with E-state index in [1.54, 1.807) is 13.8 Å². The average Bonchev–Trinajstić information content (AvgIpc) is 2.75. The van der Waals surface area contributed by atoms with Crippen LogP contribution in [0.2, 0.25) is 0 Å². The van der Waals surface area contributed by atoms with Crippen LogP contribution in [0.3, 0.4) is 0 Å². The van der Waals surface area contributed by atoms with Gasteiger partial charge in [-0.1, -0.05) is 84.2 Å². The number of Topliss-reactive ketones (excluding diaryl/α,β-unsaturated/α-hetero) is 2. The molecule has 0 amide bonds. The number of rotatable bonds is 8. The zero-order valence-corrected chi connectivity index (χ0v) is 18.5. The molecule has 0 bridgehead atoms. The summed E-state index contributed by atoms with van der Waals surface area (Å²) >= 11 is 2.93. The van der Waals surface area contributed by atoms with Gasteiger partial charge in [0.15, 0.2) is 11.6 Å². The summed E-state index contributed by atoms with van der Waals surface area (Å²) in [6.45, 7) is 3.16. The van der Waals surface area contributed by atoms with Crippen molar-refractivity contribution in [2.75, 3.05) is 0 Å². The number of hydrogen-bond donors (Lipinski definition) is 0. The smallest absolute Gasteiger partial charge is 0.166 e. The lowest BCUT2D eigenvalue weighted by Crippen LogP contribution is -1.93. The second-order valence-corrected chi connectivity index (χ2v) is 8.86. The summed E-state index contributed by atoms with van der Waals surface area (Å²) in [5.74, 6) is 0.0666. The Morgan fingerprint density at radius 2 is 0.900 bits per heavy atom. The van der Waals surface area contributed by atoms with Crippen LogP contribution < -0.4 is 0 Å². The minimum atomic E-state index is 0.0333. The summed E-state index contributed by atoms with van der Waals surface area (Å²) in [7, 11) is 0. The van der Waals surface area contributed by atoms with E-state index in [2.05, 4.69) is 0 Å². The molecule has 0 aromatic heterocycles. The van der Waals surface area contributed by atoms with Gasteiger partial charge in [-0.15, -0.1) is 0 Å². The first-order valence-electron chi connectivity index (χ1n) is 9.52. The molecule has 3 aromatic rings.